The molecule has 108 valence electrons. The van der Waals surface area contributed by atoms with Crippen LogP contribution in [0.1, 0.15) is 12.8 Å². The molecule has 1 aromatic rings. The molecule has 6 nitrogen and oxygen atoms in total. The molecule has 1 unspecified atom stereocenters. The third-order valence-electron chi connectivity index (χ3n) is 3.50. The van der Waals surface area contributed by atoms with E-state index < -0.39 is 12.0 Å². The number of para-hydroxylation sites is 2. The Labute approximate surface area is 117 Å². The first-order valence-electron chi connectivity index (χ1n) is 6.59. The maximum Gasteiger partial charge on any atom is 0.303 e. The second kappa shape index (κ2) is 5.92. The molecule has 0 saturated heterocycles. The number of fused-ring (bicyclic) bond motifs is 1. The zero-order chi connectivity index (χ0) is 14.7. The molecule has 20 heavy (non-hydrogen) atoms. The number of carbonyl (C=O) groups excluding carboxylic acids is 1. The lowest BCUT2D eigenvalue weighted by atomic mass is 10.1. The van der Waals surface area contributed by atoms with Crippen LogP contribution in [-0.2, 0) is 9.59 Å². The molecule has 1 heterocycles. The highest BCUT2D eigenvalue weighted by atomic mass is 16.4. The standard InChI is InChI=1S/C14H19N3O3/c1-16-8-9-17(12-5-3-2-4-11(12)16)14(20)10(15)6-7-13(18)19/h2-5,10H,6-9,15H2,1H3,(H,18,19). The van der Waals surface area contributed by atoms with E-state index in [1.54, 1.807) is 4.90 Å². The first kappa shape index (κ1) is 14.3. The average Bonchev–Trinajstić information content (AvgIpc) is 2.44. The lowest BCUT2D eigenvalue weighted by molar-refractivity contribution is -0.137. The number of hydrogen-bond acceptors (Lipinski definition) is 4. The minimum atomic E-state index is -0.938. The molecule has 1 amide bonds. The smallest absolute Gasteiger partial charge is 0.303 e. The molecular formula is C14H19N3O3. The van der Waals surface area contributed by atoms with Crippen LogP contribution in [-0.4, -0.2) is 43.2 Å². The minimum Gasteiger partial charge on any atom is -0.481 e. The van der Waals surface area contributed by atoms with Gasteiger partial charge in [-0.1, -0.05) is 12.1 Å². The molecule has 0 radical (unpaired) electrons. The van der Waals surface area contributed by atoms with Crippen LogP contribution in [0.25, 0.3) is 0 Å². The number of anilines is 2. The summed E-state index contributed by atoms with van der Waals surface area (Å²) in [6.45, 7) is 1.29. The van der Waals surface area contributed by atoms with Gasteiger partial charge in [0.05, 0.1) is 17.4 Å². The number of nitrogens with zero attached hydrogens (tertiary/aromatic N) is 2. The molecule has 1 atom stereocenters. The SMILES string of the molecule is CN1CCN(C(=O)C(N)CCC(=O)O)c2ccccc21. The molecule has 0 aliphatic carbocycles. The monoisotopic (exact) mass is 277 g/mol. The molecule has 0 bridgehead atoms. The number of hydrogen-bond donors (Lipinski definition) is 2. The van der Waals surface area contributed by atoms with Gasteiger partial charge in [-0.15, -0.1) is 0 Å². The van der Waals surface area contributed by atoms with E-state index in [1.165, 1.54) is 0 Å². The quantitative estimate of drug-likeness (QED) is 0.844. The Kier molecular flexibility index (Phi) is 4.24. The van der Waals surface area contributed by atoms with Gasteiger partial charge in [-0.05, 0) is 18.6 Å². The topological polar surface area (TPSA) is 86.9 Å². The van der Waals surface area contributed by atoms with Gasteiger partial charge in [0.1, 0.15) is 0 Å². The third-order valence-corrected chi connectivity index (χ3v) is 3.50. The number of benzene rings is 1. The first-order chi connectivity index (χ1) is 9.50. The van der Waals surface area contributed by atoms with Gasteiger partial charge in [-0.2, -0.15) is 0 Å². The summed E-state index contributed by atoms with van der Waals surface area (Å²) >= 11 is 0. The van der Waals surface area contributed by atoms with E-state index >= 15 is 0 Å². The van der Waals surface area contributed by atoms with Crippen molar-refractivity contribution in [2.24, 2.45) is 5.73 Å². The predicted molar refractivity (Wildman–Crippen MR) is 76.9 cm³/mol. The fraction of sp³-hybridized carbons (Fsp3) is 0.429. The van der Waals surface area contributed by atoms with Crippen LogP contribution in [0.15, 0.2) is 24.3 Å². The number of likely N-dealkylation sites (N-methyl/N-ethyl adjacent to an activating group) is 1. The van der Waals surface area contributed by atoms with E-state index in [9.17, 15) is 9.59 Å². The summed E-state index contributed by atoms with van der Waals surface area (Å²) in [5, 5.41) is 8.66. The Balaban J connectivity index is 2.15. The summed E-state index contributed by atoms with van der Waals surface area (Å²) in [6.07, 6.45) is 0.0605. The largest absolute Gasteiger partial charge is 0.481 e. The number of rotatable bonds is 4. The molecule has 0 saturated carbocycles. The summed E-state index contributed by atoms with van der Waals surface area (Å²) in [7, 11) is 1.98. The molecule has 0 spiro atoms. The average molecular weight is 277 g/mol. The van der Waals surface area contributed by atoms with Gasteiger partial charge in [0.25, 0.3) is 0 Å². The maximum atomic E-state index is 12.4. The number of carboxylic acid groups (broad SMARTS) is 1. The van der Waals surface area contributed by atoms with Gasteiger partial charge in [0, 0.05) is 26.6 Å². The highest BCUT2D eigenvalue weighted by Gasteiger charge is 2.28. The highest BCUT2D eigenvalue weighted by molar-refractivity contribution is 6.00. The van der Waals surface area contributed by atoms with Crippen LogP contribution in [0.3, 0.4) is 0 Å². The number of nitrogens with two attached hydrogens (primary N) is 1. The van der Waals surface area contributed by atoms with Crippen molar-refractivity contribution in [1.82, 2.24) is 0 Å². The third kappa shape index (κ3) is 2.91. The summed E-state index contributed by atoms with van der Waals surface area (Å²) in [6, 6.07) is 6.86. The Morgan fingerprint density at radius 2 is 1.95 bits per heavy atom. The van der Waals surface area contributed by atoms with Gasteiger partial charge >= 0.3 is 5.97 Å². The maximum absolute atomic E-state index is 12.4. The second-order valence-electron chi connectivity index (χ2n) is 4.94. The predicted octanol–water partition coefficient (Wildman–Crippen LogP) is 0.662. The summed E-state index contributed by atoms with van der Waals surface area (Å²) in [4.78, 5) is 26.7. The van der Waals surface area contributed by atoms with Crippen molar-refractivity contribution >= 4 is 23.3 Å². The Morgan fingerprint density at radius 1 is 1.30 bits per heavy atom. The Morgan fingerprint density at radius 3 is 2.60 bits per heavy atom. The Bertz CT molecular complexity index is 518. The van der Waals surface area contributed by atoms with Crippen LogP contribution in [0.4, 0.5) is 11.4 Å². The van der Waals surface area contributed by atoms with E-state index in [0.29, 0.717) is 6.54 Å². The van der Waals surface area contributed by atoms with Gasteiger partial charge in [0.2, 0.25) is 5.91 Å². The zero-order valence-corrected chi connectivity index (χ0v) is 11.5. The molecule has 3 N–H and O–H groups in total. The van der Waals surface area contributed by atoms with Crippen molar-refractivity contribution in [2.45, 2.75) is 18.9 Å². The first-order valence-corrected chi connectivity index (χ1v) is 6.59. The number of aliphatic carboxylic acids is 1. The van der Waals surface area contributed by atoms with Gasteiger partial charge in [0.15, 0.2) is 0 Å². The van der Waals surface area contributed by atoms with Crippen LogP contribution in [0.5, 0.6) is 0 Å². The van der Waals surface area contributed by atoms with Crippen molar-refractivity contribution in [2.75, 3.05) is 29.9 Å². The van der Waals surface area contributed by atoms with E-state index in [-0.39, 0.29) is 18.7 Å². The Hall–Kier alpha value is -2.08. The van der Waals surface area contributed by atoms with Crippen LogP contribution >= 0.6 is 0 Å². The summed E-state index contributed by atoms with van der Waals surface area (Å²) in [5.74, 6) is -1.15. The van der Waals surface area contributed by atoms with Crippen LogP contribution in [0, 0.1) is 0 Å². The second-order valence-corrected chi connectivity index (χ2v) is 4.94. The molecular weight excluding hydrogens is 258 g/mol. The molecule has 1 aliphatic heterocycles. The zero-order valence-electron chi connectivity index (χ0n) is 11.5. The van der Waals surface area contributed by atoms with Crippen molar-refractivity contribution in [3.05, 3.63) is 24.3 Å². The van der Waals surface area contributed by atoms with Crippen LogP contribution in [0.2, 0.25) is 0 Å². The van der Waals surface area contributed by atoms with Gasteiger partial charge < -0.3 is 20.6 Å². The van der Waals surface area contributed by atoms with Crippen molar-refractivity contribution in [1.29, 1.82) is 0 Å². The molecule has 0 aromatic heterocycles. The van der Waals surface area contributed by atoms with E-state index in [1.807, 2.05) is 31.3 Å². The van der Waals surface area contributed by atoms with E-state index in [4.69, 9.17) is 10.8 Å². The van der Waals surface area contributed by atoms with Crippen molar-refractivity contribution in [3.63, 3.8) is 0 Å². The highest BCUT2D eigenvalue weighted by Crippen LogP contribution is 2.32. The minimum absolute atomic E-state index is 0.0949. The van der Waals surface area contributed by atoms with Crippen molar-refractivity contribution < 1.29 is 14.7 Å². The number of carbonyl (C=O) groups is 2. The molecule has 0 fully saturated rings. The summed E-state index contributed by atoms with van der Waals surface area (Å²) in [5.41, 5.74) is 7.63. The van der Waals surface area contributed by atoms with Crippen LogP contribution < -0.4 is 15.5 Å². The van der Waals surface area contributed by atoms with Gasteiger partial charge in [-0.3, -0.25) is 9.59 Å². The molecule has 6 heteroatoms. The fourth-order valence-corrected chi connectivity index (χ4v) is 2.34. The number of carboxylic acids is 1. The van der Waals surface area contributed by atoms with Gasteiger partial charge in [-0.25, -0.2) is 0 Å². The molecule has 2 rings (SSSR count). The van der Waals surface area contributed by atoms with Crippen molar-refractivity contribution in [3.8, 4) is 0 Å². The number of amides is 1. The summed E-state index contributed by atoms with van der Waals surface area (Å²) < 4.78 is 0. The lowest BCUT2D eigenvalue weighted by Gasteiger charge is -2.36. The van der Waals surface area contributed by atoms with E-state index in [2.05, 4.69) is 4.90 Å². The molecule has 1 aliphatic rings. The normalized spacial score (nSPS) is 15.7. The lowest BCUT2D eigenvalue weighted by Crippen LogP contribution is -2.49. The van der Waals surface area contributed by atoms with E-state index in [0.717, 1.165) is 17.9 Å². The fourth-order valence-electron chi connectivity index (χ4n) is 2.34. The molecule has 1 aromatic carbocycles.